The van der Waals surface area contributed by atoms with Crippen molar-refractivity contribution in [3.8, 4) is 0 Å². The molecule has 1 N–H and O–H groups in total. The predicted octanol–water partition coefficient (Wildman–Crippen LogP) is 3.31. The van der Waals surface area contributed by atoms with E-state index in [2.05, 4.69) is 9.97 Å². The van der Waals surface area contributed by atoms with Gasteiger partial charge in [-0.25, -0.2) is 4.98 Å². The number of fused-ring (bicyclic) bond motifs is 2. The Morgan fingerprint density at radius 1 is 1.32 bits per heavy atom. The molecule has 0 saturated heterocycles. The number of benzene rings is 1. The molecule has 0 unspecified atom stereocenters. The number of H-pyrrole nitrogens is 1. The standard InChI is InChI=1S/C18H15N3O3S/c1-10-11-5-3-4-6-13(11)24-15(10)18(23)21(2)9-14-19-12-7-8-25-16(12)17(22)20-14/h3-8H,9H2,1-2H3,(H,19,20,22). The quantitative estimate of drug-likeness (QED) is 0.613. The molecule has 0 aliphatic carbocycles. The molecule has 3 aromatic heterocycles. The molecule has 0 bridgehead atoms. The summed E-state index contributed by atoms with van der Waals surface area (Å²) in [6, 6.07) is 9.34. The van der Waals surface area contributed by atoms with Gasteiger partial charge >= 0.3 is 0 Å². The number of aromatic amines is 1. The highest BCUT2D eigenvalue weighted by atomic mass is 32.1. The summed E-state index contributed by atoms with van der Waals surface area (Å²) in [7, 11) is 1.66. The second-order valence-corrected chi connectivity index (χ2v) is 6.78. The fraction of sp³-hybridized carbons (Fsp3) is 0.167. The molecule has 1 amide bonds. The Kier molecular flexibility index (Phi) is 3.65. The van der Waals surface area contributed by atoms with E-state index in [1.165, 1.54) is 16.2 Å². The summed E-state index contributed by atoms with van der Waals surface area (Å²) in [6.07, 6.45) is 0. The third-order valence-corrected chi connectivity index (χ3v) is 5.04. The van der Waals surface area contributed by atoms with Crippen molar-refractivity contribution < 1.29 is 9.21 Å². The summed E-state index contributed by atoms with van der Waals surface area (Å²) < 4.78 is 6.31. The van der Waals surface area contributed by atoms with Crippen LogP contribution in [0.25, 0.3) is 21.2 Å². The van der Waals surface area contributed by atoms with Gasteiger partial charge in [0.25, 0.3) is 11.5 Å². The number of furan rings is 1. The van der Waals surface area contributed by atoms with Gasteiger partial charge in [-0.2, -0.15) is 0 Å². The Hall–Kier alpha value is -2.93. The first-order valence-electron chi connectivity index (χ1n) is 7.74. The van der Waals surface area contributed by atoms with Crippen LogP contribution in [0.1, 0.15) is 21.9 Å². The molecule has 0 aliphatic heterocycles. The van der Waals surface area contributed by atoms with Crippen LogP contribution in [0.3, 0.4) is 0 Å². The minimum atomic E-state index is -0.248. The van der Waals surface area contributed by atoms with E-state index >= 15 is 0 Å². The number of rotatable bonds is 3. The van der Waals surface area contributed by atoms with Gasteiger partial charge in [0.15, 0.2) is 5.76 Å². The number of nitrogens with zero attached hydrogens (tertiary/aromatic N) is 2. The summed E-state index contributed by atoms with van der Waals surface area (Å²) in [5, 5.41) is 2.74. The highest BCUT2D eigenvalue weighted by Gasteiger charge is 2.21. The zero-order valence-corrected chi connectivity index (χ0v) is 14.5. The topological polar surface area (TPSA) is 79.2 Å². The van der Waals surface area contributed by atoms with Gasteiger partial charge in [-0.15, -0.1) is 11.3 Å². The first-order chi connectivity index (χ1) is 12.0. The van der Waals surface area contributed by atoms with Crippen molar-refractivity contribution in [3.05, 3.63) is 63.2 Å². The highest BCUT2D eigenvalue weighted by molar-refractivity contribution is 7.17. The summed E-state index contributed by atoms with van der Waals surface area (Å²) in [6.45, 7) is 2.06. The number of carbonyl (C=O) groups excluding carboxylic acids is 1. The van der Waals surface area contributed by atoms with Crippen LogP contribution in [0, 0.1) is 6.92 Å². The van der Waals surface area contributed by atoms with Crippen LogP contribution in [0.2, 0.25) is 0 Å². The Balaban J connectivity index is 1.65. The first kappa shape index (κ1) is 15.6. The largest absolute Gasteiger partial charge is 0.451 e. The van der Waals surface area contributed by atoms with E-state index in [1.54, 1.807) is 13.1 Å². The molecule has 0 saturated carbocycles. The van der Waals surface area contributed by atoms with Crippen molar-refractivity contribution in [2.24, 2.45) is 0 Å². The Morgan fingerprint density at radius 2 is 2.12 bits per heavy atom. The number of para-hydroxylation sites is 1. The van der Waals surface area contributed by atoms with E-state index < -0.39 is 0 Å². The lowest BCUT2D eigenvalue weighted by molar-refractivity contribution is 0.0751. The van der Waals surface area contributed by atoms with E-state index in [9.17, 15) is 9.59 Å². The molecule has 4 rings (SSSR count). The highest BCUT2D eigenvalue weighted by Crippen LogP contribution is 2.26. The van der Waals surface area contributed by atoms with Crippen LogP contribution in [-0.4, -0.2) is 27.8 Å². The minimum Gasteiger partial charge on any atom is -0.451 e. The smallest absolute Gasteiger partial charge is 0.290 e. The average molecular weight is 353 g/mol. The summed E-state index contributed by atoms with van der Waals surface area (Å²) >= 11 is 1.35. The monoisotopic (exact) mass is 353 g/mol. The van der Waals surface area contributed by atoms with Gasteiger partial charge in [0.1, 0.15) is 16.1 Å². The number of aryl methyl sites for hydroxylation is 1. The molecule has 126 valence electrons. The Bertz CT molecular complexity index is 1160. The number of aromatic nitrogens is 2. The number of carbonyl (C=O) groups is 1. The molecule has 25 heavy (non-hydrogen) atoms. The molecule has 3 heterocycles. The van der Waals surface area contributed by atoms with E-state index in [4.69, 9.17) is 4.42 Å². The second kappa shape index (κ2) is 5.86. The van der Waals surface area contributed by atoms with Crippen molar-refractivity contribution in [3.63, 3.8) is 0 Å². The number of hydrogen-bond donors (Lipinski definition) is 1. The minimum absolute atomic E-state index is 0.184. The predicted molar refractivity (Wildman–Crippen MR) is 97.0 cm³/mol. The van der Waals surface area contributed by atoms with Gasteiger partial charge in [-0.1, -0.05) is 18.2 Å². The van der Waals surface area contributed by atoms with Gasteiger partial charge in [0.05, 0.1) is 12.1 Å². The van der Waals surface area contributed by atoms with Crippen molar-refractivity contribution >= 4 is 38.4 Å². The van der Waals surface area contributed by atoms with Gasteiger partial charge in [0, 0.05) is 18.0 Å². The summed E-state index contributed by atoms with van der Waals surface area (Å²) in [5.41, 5.74) is 1.95. The number of thiophene rings is 1. The van der Waals surface area contributed by atoms with Crippen LogP contribution in [0.15, 0.2) is 44.9 Å². The molecule has 0 radical (unpaired) electrons. The SMILES string of the molecule is Cc1c(C(=O)N(C)Cc2nc3ccsc3c(=O)[nH]2)oc2ccccc12. The molecule has 7 heteroatoms. The van der Waals surface area contributed by atoms with Crippen molar-refractivity contribution in [1.82, 2.24) is 14.9 Å². The molecule has 0 aliphatic rings. The summed E-state index contributed by atoms with van der Waals surface area (Å²) in [5.74, 6) is 0.505. The van der Waals surface area contributed by atoms with Crippen LogP contribution in [0.4, 0.5) is 0 Å². The molecule has 0 fully saturated rings. The van der Waals surface area contributed by atoms with Crippen LogP contribution < -0.4 is 5.56 Å². The number of hydrogen-bond acceptors (Lipinski definition) is 5. The van der Waals surface area contributed by atoms with Crippen molar-refractivity contribution in [2.45, 2.75) is 13.5 Å². The lowest BCUT2D eigenvalue weighted by Gasteiger charge is -2.15. The van der Waals surface area contributed by atoms with Gasteiger partial charge < -0.3 is 14.3 Å². The van der Waals surface area contributed by atoms with Gasteiger partial charge in [-0.05, 0) is 24.4 Å². The number of amides is 1. The van der Waals surface area contributed by atoms with E-state index in [0.29, 0.717) is 27.4 Å². The maximum atomic E-state index is 12.8. The Morgan fingerprint density at radius 3 is 2.92 bits per heavy atom. The molecular weight excluding hydrogens is 338 g/mol. The molecule has 1 aromatic carbocycles. The Labute approximate surface area is 146 Å². The van der Waals surface area contributed by atoms with E-state index in [-0.39, 0.29) is 18.0 Å². The van der Waals surface area contributed by atoms with Crippen molar-refractivity contribution in [2.75, 3.05) is 7.05 Å². The molecule has 0 atom stereocenters. The van der Waals surface area contributed by atoms with Gasteiger partial charge in [-0.3, -0.25) is 9.59 Å². The molecular formula is C18H15N3O3S. The second-order valence-electron chi connectivity index (χ2n) is 5.86. The lowest BCUT2D eigenvalue weighted by Crippen LogP contribution is -2.28. The lowest BCUT2D eigenvalue weighted by atomic mass is 10.1. The third-order valence-electron chi connectivity index (χ3n) is 4.14. The van der Waals surface area contributed by atoms with Gasteiger partial charge in [0.2, 0.25) is 0 Å². The normalized spacial score (nSPS) is 11.3. The van der Waals surface area contributed by atoms with E-state index in [0.717, 1.165) is 10.9 Å². The average Bonchev–Trinajstić information content (AvgIpc) is 3.19. The first-order valence-corrected chi connectivity index (χ1v) is 8.62. The summed E-state index contributed by atoms with van der Waals surface area (Å²) in [4.78, 5) is 33.4. The maximum Gasteiger partial charge on any atom is 0.290 e. The van der Waals surface area contributed by atoms with Crippen LogP contribution in [0.5, 0.6) is 0 Å². The van der Waals surface area contributed by atoms with Crippen LogP contribution >= 0.6 is 11.3 Å². The fourth-order valence-electron chi connectivity index (χ4n) is 2.84. The molecule has 0 spiro atoms. The zero-order valence-electron chi connectivity index (χ0n) is 13.7. The van der Waals surface area contributed by atoms with Crippen molar-refractivity contribution in [1.29, 1.82) is 0 Å². The van der Waals surface area contributed by atoms with Crippen LogP contribution in [-0.2, 0) is 6.54 Å². The zero-order chi connectivity index (χ0) is 17.6. The molecule has 4 aromatic rings. The molecule has 6 nitrogen and oxygen atoms in total. The third kappa shape index (κ3) is 2.62. The maximum absolute atomic E-state index is 12.8. The fourth-order valence-corrected chi connectivity index (χ4v) is 3.57. The number of nitrogens with one attached hydrogen (secondary N) is 1. The van der Waals surface area contributed by atoms with E-state index in [1.807, 2.05) is 36.6 Å².